The van der Waals surface area contributed by atoms with Gasteiger partial charge in [0.2, 0.25) is 5.91 Å². The van der Waals surface area contributed by atoms with E-state index in [9.17, 15) is 18.0 Å². The van der Waals surface area contributed by atoms with E-state index < -0.39 is 37.6 Å². The van der Waals surface area contributed by atoms with Gasteiger partial charge >= 0.3 is 5.97 Å². The van der Waals surface area contributed by atoms with Crippen LogP contribution < -0.4 is 9.04 Å². The van der Waals surface area contributed by atoms with E-state index in [1.807, 2.05) is 0 Å². The first-order valence-electron chi connectivity index (χ1n) is 7.15. The summed E-state index contributed by atoms with van der Waals surface area (Å²) >= 11 is 24.5. The van der Waals surface area contributed by atoms with Gasteiger partial charge in [0.15, 0.2) is 5.75 Å². The fraction of sp³-hybridized carbons (Fsp3) is 0.125. The average Bonchev–Trinajstić information content (AvgIpc) is 2.60. The van der Waals surface area contributed by atoms with E-state index in [1.54, 1.807) is 6.07 Å². The highest BCUT2D eigenvalue weighted by atomic mass is 35.5. The maximum absolute atomic E-state index is 13.0. The van der Waals surface area contributed by atoms with E-state index in [4.69, 9.17) is 51.1 Å². The van der Waals surface area contributed by atoms with Crippen molar-refractivity contribution in [3.63, 3.8) is 0 Å². The molecule has 0 aliphatic heterocycles. The number of carbonyl (C=O) groups is 2. The molecule has 0 saturated heterocycles. The first-order chi connectivity index (χ1) is 12.5. The minimum absolute atomic E-state index is 0.177. The van der Waals surface area contributed by atoms with Crippen LogP contribution in [0.3, 0.4) is 0 Å². The summed E-state index contributed by atoms with van der Waals surface area (Å²) in [5.41, 5.74) is -0.444. The molecule has 6 nitrogen and oxygen atoms in total. The van der Waals surface area contributed by atoms with Crippen LogP contribution in [0.25, 0.3) is 0 Å². The van der Waals surface area contributed by atoms with E-state index in [0.29, 0.717) is 4.31 Å². The molecule has 0 heterocycles. The highest BCUT2D eigenvalue weighted by molar-refractivity contribution is 7.93. The summed E-state index contributed by atoms with van der Waals surface area (Å²) in [4.78, 5) is 23.3. The van der Waals surface area contributed by atoms with Gasteiger partial charge in [-0.1, -0.05) is 64.6 Å². The lowest BCUT2D eigenvalue weighted by molar-refractivity contribution is -0.131. The minimum atomic E-state index is -4.38. The SMILES string of the molecule is CC(=O)Oc1c(Cl)c(Cl)c(N(C(C)=O)S(=O)(=O)c2ccccc2)c(Cl)c1Cl. The van der Waals surface area contributed by atoms with Crippen LogP contribution >= 0.6 is 46.4 Å². The number of halogens is 4. The van der Waals surface area contributed by atoms with Crippen LogP contribution in [-0.4, -0.2) is 20.3 Å². The second-order valence-corrected chi connectivity index (χ2v) is 8.43. The molecule has 0 atom stereocenters. The first kappa shape index (κ1) is 21.8. The molecule has 144 valence electrons. The Hall–Kier alpha value is -1.51. The van der Waals surface area contributed by atoms with Gasteiger partial charge in [0, 0.05) is 13.8 Å². The molecule has 0 aliphatic rings. The third-order valence-corrected chi connectivity index (χ3v) is 6.66. The van der Waals surface area contributed by atoms with Crippen LogP contribution in [-0.2, 0) is 19.6 Å². The number of carbonyl (C=O) groups excluding carboxylic acids is 2. The van der Waals surface area contributed by atoms with Crippen LogP contribution in [0.1, 0.15) is 13.8 Å². The van der Waals surface area contributed by atoms with Crippen molar-refractivity contribution in [2.45, 2.75) is 18.7 Å². The number of benzene rings is 2. The maximum atomic E-state index is 13.0. The third kappa shape index (κ3) is 4.17. The number of esters is 1. The Kier molecular flexibility index (Phi) is 6.65. The summed E-state index contributed by atoms with van der Waals surface area (Å²) in [6.07, 6.45) is 0. The second-order valence-electron chi connectivity index (χ2n) is 5.13. The summed E-state index contributed by atoms with van der Waals surface area (Å²) in [5, 5.41) is -1.58. The van der Waals surface area contributed by atoms with Crippen molar-refractivity contribution in [2.24, 2.45) is 0 Å². The van der Waals surface area contributed by atoms with Gasteiger partial charge in [0.05, 0.1) is 14.9 Å². The molecule has 27 heavy (non-hydrogen) atoms. The highest BCUT2D eigenvalue weighted by Gasteiger charge is 2.35. The van der Waals surface area contributed by atoms with E-state index in [2.05, 4.69) is 0 Å². The first-order valence-corrected chi connectivity index (χ1v) is 10.1. The molecule has 0 saturated carbocycles. The van der Waals surface area contributed by atoms with Crippen molar-refractivity contribution < 1.29 is 22.7 Å². The maximum Gasteiger partial charge on any atom is 0.308 e. The average molecular weight is 471 g/mol. The van der Waals surface area contributed by atoms with Gasteiger partial charge < -0.3 is 4.74 Å². The lowest BCUT2D eigenvalue weighted by atomic mass is 10.3. The molecule has 2 aromatic carbocycles. The Balaban J connectivity index is 2.81. The number of sulfonamides is 1. The van der Waals surface area contributed by atoms with Crippen molar-refractivity contribution in [3.05, 3.63) is 50.4 Å². The highest BCUT2D eigenvalue weighted by Crippen LogP contribution is 2.51. The smallest absolute Gasteiger partial charge is 0.308 e. The summed E-state index contributed by atoms with van der Waals surface area (Å²) in [5.74, 6) is -2.00. The molecule has 0 unspecified atom stereocenters. The summed E-state index contributed by atoms with van der Waals surface area (Å²) in [6, 6.07) is 7.17. The normalized spacial score (nSPS) is 11.2. The fourth-order valence-electron chi connectivity index (χ4n) is 2.16. The number of rotatable bonds is 4. The van der Waals surface area contributed by atoms with Crippen molar-refractivity contribution in [1.82, 2.24) is 0 Å². The summed E-state index contributed by atoms with van der Waals surface area (Å²) in [7, 11) is -4.38. The fourth-order valence-corrected chi connectivity index (χ4v) is 4.80. The Bertz CT molecular complexity index is 996. The second kappa shape index (κ2) is 8.24. The minimum Gasteiger partial charge on any atom is -0.423 e. The monoisotopic (exact) mass is 469 g/mol. The summed E-state index contributed by atoms with van der Waals surface area (Å²) < 4.78 is 31.2. The van der Waals surface area contributed by atoms with Crippen molar-refractivity contribution in [2.75, 3.05) is 4.31 Å². The van der Waals surface area contributed by atoms with Crippen molar-refractivity contribution >= 4 is 74.0 Å². The van der Waals surface area contributed by atoms with Crippen LogP contribution in [0.4, 0.5) is 5.69 Å². The van der Waals surface area contributed by atoms with Gasteiger partial charge in [-0.25, -0.2) is 8.42 Å². The predicted molar refractivity (Wildman–Crippen MR) is 105 cm³/mol. The van der Waals surface area contributed by atoms with Crippen LogP contribution in [0.5, 0.6) is 5.75 Å². The molecule has 2 aromatic rings. The van der Waals surface area contributed by atoms with Gasteiger partial charge in [-0.15, -0.1) is 0 Å². The Morgan fingerprint density at radius 1 is 0.889 bits per heavy atom. The Morgan fingerprint density at radius 3 is 1.78 bits per heavy atom. The van der Waals surface area contributed by atoms with E-state index in [0.717, 1.165) is 13.8 Å². The number of hydrogen-bond donors (Lipinski definition) is 0. The van der Waals surface area contributed by atoms with Crippen LogP contribution in [0.15, 0.2) is 35.2 Å². The van der Waals surface area contributed by atoms with E-state index in [-0.39, 0.29) is 20.7 Å². The topological polar surface area (TPSA) is 80.8 Å². The molecular formula is C16H11Cl4NO5S. The zero-order valence-corrected chi connectivity index (χ0v) is 17.6. The Labute approximate surface area is 175 Å². The molecule has 0 N–H and O–H groups in total. The molecule has 0 bridgehead atoms. The zero-order chi connectivity index (χ0) is 20.5. The van der Waals surface area contributed by atoms with Gasteiger partial charge in [-0.05, 0) is 12.1 Å². The predicted octanol–water partition coefficient (Wildman–Crippen LogP) is 4.97. The lowest BCUT2D eigenvalue weighted by Gasteiger charge is -2.25. The Morgan fingerprint density at radius 2 is 1.37 bits per heavy atom. The molecule has 0 aliphatic carbocycles. The number of nitrogens with zero attached hydrogens (tertiary/aromatic N) is 1. The third-order valence-electron chi connectivity index (χ3n) is 3.22. The lowest BCUT2D eigenvalue weighted by Crippen LogP contribution is -2.35. The molecule has 11 heteroatoms. The quantitative estimate of drug-likeness (QED) is 0.358. The van der Waals surface area contributed by atoms with Crippen LogP contribution in [0, 0.1) is 0 Å². The van der Waals surface area contributed by atoms with Crippen molar-refractivity contribution in [1.29, 1.82) is 0 Å². The number of amides is 1. The number of anilines is 1. The largest absolute Gasteiger partial charge is 0.423 e. The van der Waals surface area contributed by atoms with Gasteiger partial charge in [-0.2, -0.15) is 4.31 Å². The molecule has 1 amide bonds. The molecule has 2 rings (SSSR count). The zero-order valence-electron chi connectivity index (χ0n) is 13.8. The van der Waals surface area contributed by atoms with Crippen LogP contribution in [0.2, 0.25) is 20.1 Å². The number of ether oxygens (including phenoxy) is 1. The standard InChI is InChI=1S/C16H11Cl4NO5S/c1-8(22)21(27(24,25)10-6-4-3-5-7-10)15-11(17)13(19)16(26-9(2)23)14(20)12(15)18/h3-7H,1-2H3. The molecular weight excluding hydrogens is 460 g/mol. The van der Waals surface area contributed by atoms with Crippen molar-refractivity contribution in [3.8, 4) is 5.75 Å². The molecule has 0 spiro atoms. The molecule has 0 aromatic heterocycles. The van der Waals surface area contributed by atoms with E-state index >= 15 is 0 Å². The molecule has 0 radical (unpaired) electrons. The van der Waals surface area contributed by atoms with Gasteiger partial charge in [0.1, 0.15) is 15.7 Å². The van der Waals surface area contributed by atoms with E-state index in [1.165, 1.54) is 24.3 Å². The number of hydrogen-bond acceptors (Lipinski definition) is 5. The van der Waals surface area contributed by atoms with Gasteiger partial charge in [-0.3, -0.25) is 9.59 Å². The molecule has 0 fully saturated rings. The van der Waals surface area contributed by atoms with Gasteiger partial charge in [0.25, 0.3) is 10.0 Å². The summed E-state index contributed by atoms with van der Waals surface area (Å²) in [6.45, 7) is 2.11.